The molecular formula is C28H26N6O4. The van der Waals surface area contributed by atoms with Crippen LogP contribution in [0.2, 0.25) is 0 Å². The monoisotopic (exact) mass is 510 g/mol. The van der Waals surface area contributed by atoms with Crippen molar-refractivity contribution < 1.29 is 14.4 Å². The van der Waals surface area contributed by atoms with Crippen LogP contribution >= 0.6 is 0 Å². The predicted molar refractivity (Wildman–Crippen MR) is 142 cm³/mol. The number of anilines is 3. The van der Waals surface area contributed by atoms with Crippen molar-refractivity contribution in [1.29, 1.82) is 5.26 Å². The largest absolute Gasteiger partial charge is 0.324 e. The smallest absolute Gasteiger partial charge is 0.323 e. The second-order valence-corrected chi connectivity index (χ2v) is 9.63. The van der Waals surface area contributed by atoms with E-state index in [1.807, 2.05) is 12.1 Å². The van der Waals surface area contributed by atoms with E-state index in [2.05, 4.69) is 16.0 Å². The van der Waals surface area contributed by atoms with Gasteiger partial charge in [0.25, 0.3) is 5.56 Å². The number of piperidine rings is 1. The number of ketones is 1. The van der Waals surface area contributed by atoms with Crippen LogP contribution in [0.25, 0.3) is 0 Å². The van der Waals surface area contributed by atoms with Crippen LogP contribution in [0.15, 0.2) is 65.5 Å². The molecule has 0 spiro atoms. The Hall–Kier alpha value is -4.91. The molecule has 3 heterocycles. The molecule has 1 saturated heterocycles. The first-order valence-corrected chi connectivity index (χ1v) is 12.3. The lowest BCUT2D eigenvalue weighted by Gasteiger charge is -2.42. The number of pyridine rings is 1. The fourth-order valence-electron chi connectivity index (χ4n) is 5.15. The number of hydrogen-bond acceptors (Lipinski definition) is 5. The summed E-state index contributed by atoms with van der Waals surface area (Å²) in [4.78, 5) is 51.9. The van der Waals surface area contributed by atoms with Crippen molar-refractivity contribution in [2.45, 2.75) is 25.8 Å². The topological polar surface area (TPSA) is 136 Å². The first-order chi connectivity index (χ1) is 18.3. The second-order valence-electron chi connectivity index (χ2n) is 9.63. The molecule has 4 amide bonds. The summed E-state index contributed by atoms with van der Waals surface area (Å²) in [5, 5.41) is 17.2. The van der Waals surface area contributed by atoms with Gasteiger partial charge in [0.1, 0.15) is 5.69 Å². The van der Waals surface area contributed by atoms with Gasteiger partial charge in [0.05, 0.1) is 11.6 Å². The Labute approximate surface area is 218 Å². The lowest BCUT2D eigenvalue weighted by molar-refractivity contribution is 0.101. The third-order valence-corrected chi connectivity index (χ3v) is 6.93. The van der Waals surface area contributed by atoms with Gasteiger partial charge in [0.2, 0.25) is 0 Å². The van der Waals surface area contributed by atoms with Crippen LogP contribution in [0, 0.1) is 17.2 Å². The van der Waals surface area contributed by atoms with Crippen molar-refractivity contribution in [1.82, 2.24) is 9.47 Å². The molecule has 10 nitrogen and oxygen atoms in total. The maximum atomic E-state index is 13.2. The van der Waals surface area contributed by atoms with E-state index >= 15 is 0 Å². The van der Waals surface area contributed by atoms with Gasteiger partial charge < -0.3 is 25.4 Å². The fourth-order valence-corrected chi connectivity index (χ4v) is 5.15. The Balaban J connectivity index is 1.26. The molecule has 3 N–H and O–H groups in total. The molecule has 2 aliphatic rings. The van der Waals surface area contributed by atoms with Crippen molar-refractivity contribution in [3.8, 4) is 6.07 Å². The van der Waals surface area contributed by atoms with Gasteiger partial charge in [-0.3, -0.25) is 9.59 Å². The van der Waals surface area contributed by atoms with Gasteiger partial charge >= 0.3 is 12.1 Å². The van der Waals surface area contributed by atoms with Crippen LogP contribution in [0.3, 0.4) is 0 Å². The zero-order chi connectivity index (χ0) is 26.8. The Bertz CT molecular complexity index is 1520. The minimum atomic E-state index is -0.576. The lowest BCUT2D eigenvalue weighted by Crippen LogP contribution is -2.50. The maximum Gasteiger partial charge on any atom is 0.323 e. The normalized spacial score (nSPS) is 17.5. The van der Waals surface area contributed by atoms with Gasteiger partial charge in [-0.25, -0.2) is 9.59 Å². The zero-order valence-corrected chi connectivity index (χ0v) is 20.7. The number of nitriles is 1. The molecule has 0 aliphatic carbocycles. The second kappa shape index (κ2) is 10.2. The number of rotatable bonds is 4. The number of nitrogens with zero attached hydrogens (tertiary/aromatic N) is 3. The minimum Gasteiger partial charge on any atom is -0.324 e. The molecule has 0 saturated carbocycles. The van der Waals surface area contributed by atoms with E-state index in [0.29, 0.717) is 42.1 Å². The van der Waals surface area contributed by atoms with Crippen LogP contribution in [0.5, 0.6) is 0 Å². The van der Waals surface area contributed by atoms with Gasteiger partial charge in [-0.15, -0.1) is 0 Å². The van der Waals surface area contributed by atoms with Crippen LogP contribution < -0.4 is 21.5 Å². The molecule has 38 heavy (non-hydrogen) atoms. The first-order valence-electron chi connectivity index (χ1n) is 12.3. The molecule has 10 heteroatoms. The van der Waals surface area contributed by atoms with Crippen molar-refractivity contribution in [3.05, 3.63) is 87.8 Å². The molecular weight excluding hydrogens is 484 g/mol. The number of amides is 4. The number of likely N-dealkylation sites (tertiary alicyclic amines) is 1. The summed E-state index contributed by atoms with van der Waals surface area (Å²) in [5.74, 6) is 0.0604. The fraction of sp³-hybridized carbons (Fsp3) is 0.250. The van der Waals surface area contributed by atoms with Crippen LogP contribution in [-0.4, -0.2) is 40.4 Å². The van der Waals surface area contributed by atoms with E-state index in [1.54, 1.807) is 64.1 Å². The van der Waals surface area contributed by atoms with E-state index in [-0.39, 0.29) is 34.9 Å². The third kappa shape index (κ3) is 5.13. The van der Waals surface area contributed by atoms with E-state index in [0.717, 1.165) is 12.1 Å². The zero-order valence-electron chi connectivity index (χ0n) is 20.7. The van der Waals surface area contributed by atoms with Crippen LogP contribution in [-0.2, 0) is 6.54 Å². The number of benzene rings is 2. The highest BCUT2D eigenvalue weighted by atomic mass is 16.2. The number of hydrogen-bond donors (Lipinski definition) is 3. The van der Waals surface area contributed by atoms with Crippen LogP contribution in [0.4, 0.5) is 26.7 Å². The third-order valence-electron chi connectivity index (χ3n) is 6.93. The highest BCUT2D eigenvalue weighted by molar-refractivity contribution is 5.99. The summed E-state index contributed by atoms with van der Waals surface area (Å²) in [5.41, 5.74) is 2.76. The number of urea groups is 2. The van der Waals surface area contributed by atoms with Crippen molar-refractivity contribution in [3.63, 3.8) is 0 Å². The number of fused-ring (bicyclic) bond motifs is 4. The van der Waals surface area contributed by atoms with E-state index in [9.17, 15) is 19.2 Å². The average Bonchev–Trinajstić information content (AvgIpc) is 2.90. The minimum absolute atomic E-state index is 0.00219. The summed E-state index contributed by atoms with van der Waals surface area (Å²) in [6.07, 6.45) is 0.874. The lowest BCUT2D eigenvalue weighted by atomic mass is 9.83. The number of carbonyl (C=O) groups excluding carboxylic acids is 3. The van der Waals surface area contributed by atoms with Crippen molar-refractivity contribution in [2.75, 3.05) is 29.0 Å². The van der Waals surface area contributed by atoms with Gasteiger partial charge in [0, 0.05) is 48.2 Å². The standard InChI is InChI=1S/C28H26N6O4/c1-17(35)20-5-7-22(8-6-20)31-28(38)33-14-19-11-21(16-33)25-10-9-24(26(36)34(25)15-19)32-27(37)30-23-4-2-3-18(12-23)13-29/h2-10,12,19,21H,11,14-16H2,1H3,(H,31,38)(H2,30,32,37)/t19-,21-/m1/s1. The highest BCUT2D eigenvalue weighted by Gasteiger charge is 2.36. The molecule has 192 valence electrons. The molecule has 2 bridgehead atoms. The van der Waals surface area contributed by atoms with E-state index in [4.69, 9.17) is 5.26 Å². The predicted octanol–water partition coefficient (Wildman–Crippen LogP) is 4.22. The van der Waals surface area contributed by atoms with Gasteiger partial charge in [-0.1, -0.05) is 6.07 Å². The molecule has 3 aromatic rings. The molecule has 5 rings (SSSR count). The SMILES string of the molecule is CC(=O)c1ccc(NC(=O)N2C[C@H]3C[C@H](C2)c2ccc(NC(=O)Nc4cccc(C#N)c4)c(=O)n2C3)cc1. The van der Waals surface area contributed by atoms with Gasteiger partial charge in [-0.2, -0.15) is 5.26 Å². The number of aromatic nitrogens is 1. The molecule has 0 unspecified atom stereocenters. The van der Waals surface area contributed by atoms with Crippen molar-refractivity contribution >= 4 is 34.9 Å². The number of nitrogens with one attached hydrogen (secondary N) is 3. The number of carbonyl (C=O) groups is 3. The molecule has 2 aromatic carbocycles. The summed E-state index contributed by atoms with van der Waals surface area (Å²) >= 11 is 0. The first kappa shape index (κ1) is 24.8. The van der Waals surface area contributed by atoms with Crippen LogP contribution in [0.1, 0.15) is 40.9 Å². The molecule has 2 atom stereocenters. The molecule has 0 radical (unpaired) electrons. The summed E-state index contributed by atoms with van der Waals surface area (Å²) in [6, 6.07) is 17.9. The van der Waals surface area contributed by atoms with Gasteiger partial charge in [-0.05, 0) is 73.9 Å². The summed E-state index contributed by atoms with van der Waals surface area (Å²) in [6.45, 7) is 2.92. The maximum absolute atomic E-state index is 13.2. The summed E-state index contributed by atoms with van der Waals surface area (Å²) < 4.78 is 1.69. The van der Waals surface area contributed by atoms with Crippen molar-refractivity contribution in [2.24, 2.45) is 5.92 Å². The Morgan fingerprint density at radius 2 is 1.71 bits per heavy atom. The van der Waals surface area contributed by atoms with Gasteiger partial charge in [0.15, 0.2) is 5.78 Å². The molecule has 1 aromatic heterocycles. The van der Waals surface area contributed by atoms with E-state index in [1.165, 1.54) is 6.92 Å². The Morgan fingerprint density at radius 3 is 2.45 bits per heavy atom. The Kier molecular flexibility index (Phi) is 6.66. The highest BCUT2D eigenvalue weighted by Crippen LogP contribution is 2.35. The number of Topliss-reactive ketones (excluding diaryl/α,β-unsaturated/α-hetero) is 1. The average molecular weight is 511 g/mol. The molecule has 1 fully saturated rings. The van der Waals surface area contributed by atoms with E-state index < -0.39 is 6.03 Å². The summed E-state index contributed by atoms with van der Waals surface area (Å²) in [7, 11) is 0. The molecule has 2 aliphatic heterocycles. The Morgan fingerprint density at radius 1 is 0.921 bits per heavy atom. The quantitative estimate of drug-likeness (QED) is 0.452.